The zero-order valence-electron chi connectivity index (χ0n) is 9.02. The molecule has 0 heterocycles. The lowest BCUT2D eigenvalue weighted by molar-refractivity contribution is -0.154. The number of hydrogen-bond donors (Lipinski definition) is 2. The largest absolute Gasteiger partial charge is 0.481 e. The van der Waals surface area contributed by atoms with E-state index in [4.69, 9.17) is 5.11 Å². The molecule has 2 N–H and O–H groups in total. The number of carboxylic acids is 1. The van der Waals surface area contributed by atoms with Crippen molar-refractivity contribution in [3.63, 3.8) is 0 Å². The minimum Gasteiger partial charge on any atom is -0.481 e. The van der Waals surface area contributed by atoms with Crippen LogP contribution in [0, 0.1) is 5.41 Å². The Kier molecular flexibility index (Phi) is 4.77. The van der Waals surface area contributed by atoms with E-state index in [-0.39, 0.29) is 13.0 Å². The van der Waals surface area contributed by atoms with Gasteiger partial charge in [0.25, 0.3) is 0 Å². The minimum atomic E-state index is -4.54. The quantitative estimate of drug-likeness (QED) is 0.767. The SMILES string of the molecule is CC(C)(CCNC(=O)CC(F)(F)F)C(=O)O. The lowest BCUT2D eigenvalue weighted by atomic mass is 9.90. The van der Waals surface area contributed by atoms with Gasteiger partial charge in [-0.25, -0.2) is 0 Å². The molecule has 0 bridgehead atoms. The summed E-state index contributed by atoms with van der Waals surface area (Å²) in [5.41, 5.74) is -1.06. The van der Waals surface area contributed by atoms with Crippen LogP contribution in [0.3, 0.4) is 0 Å². The summed E-state index contributed by atoms with van der Waals surface area (Å²) in [6.45, 7) is 2.78. The molecule has 0 radical (unpaired) electrons. The van der Waals surface area contributed by atoms with Crippen LogP contribution in [0.2, 0.25) is 0 Å². The maximum absolute atomic E-state index is 11.7. The van der Waals surface area contributed by atoms with Crippen molar-refractivity contribution in [2.45, 2.75) is 32.9 Å². The number of halogens is 3. The van der Waals surface area contributed by atoms with Gasteiger partial charge >= 0.3 is 12.1 Å². The maximum atomic E-state index is 11.7. The Morgan fingerprint density at radius 2 is 1.75 bits per heavy atom. The van der Waals surface area contributed by atoms with Crippen molar-refractivity contribution in [3.05, 3.63) is 0 Å². The van der Waals surface area contributed by atoms with Crippen molar-refractivity contribution in [1.29, 1.82) is 0 Å². The van der Waals surface area contributed by atoms with Crippen molar-refractivity contribution in [2.24, 2.45) is 5.41 Å². The van der Waals surface area contributed by atoms with Crippen LogP contribution in [0.15, 0.2) is 0 Å². The monoisotopic (exact) mass is 241 g/mol. The number of carbonyl (C=O) groups excluding carboxylic acids is 1. The Morgan fingerprint density at radius 1 is 1.25 bits per heavy atom. The zero-order valence-corrected chi connectivity index (χ0v) is 9.02. The van der Waals surface area contributed by atoms with E-state index < -0.39 is 29.9 Å². The fraction of sp³-hybridized carbons (Fsp3) is 0.778. The summed E-state index contributed by atoms with van der Waals surface area (Å²) < 4.78 is 35.2. The molecule has 0 aromatic rings. The van der Waals surface area contributed by atoms with Gasteiger partial charge in [-0.3, -0.25) is 9.59 Å². The summed E-state index contributed by atoms with van der Waals surface area (Å²) in [6.07, 6.45) is -6.00. The molecule has 0 atom stereocenters. The molecule has 16 heavy (non-hydrogen) atoms. The molecule has 0 saturated carbocycles. The molecule has 4 nitrogen and oxygen atoms in total. The van der Waals surface area contributed by atoms with Gasteiger partial charge in [-0.1, -0.05) is 0 Å². The van der Waals surface area contributed by atoms with E-state index in [0.717, 1.165) is 0 Å². The molecule has 1 amide bonds. The Bertz CT molecular complexity index is 274. The number of rotatable bonds is 5. The Morgan fingerprint density at radius 3 is 2.12 bits per heavy atom. The summed E-state index contributed by atoms with van der Waals surface area (Å²) >= 11 is 0. The second-order valence-electron chi connectivity index (χ2n) is 4.08. The first-order chi connectivity index (χ1) is 7.04. The summed E-state index contributed by atoms with van der Waals surface area (Å²) in [4.78, 5) is 21.4. The second-order valence-corrected chi connectivity index (χ2v) is 4.08. The van der Waals surface area contributed by atoms with Crippen molar-refractivity contribution in [3.8, 4) is 0 Å². The van der Waals surface area contributed by atoms with Gasteiger partial charge in [0.2, 0.25) is 5.91 Å². The molecular weight excluding hydrogens is 227 g/mol. The summed E-state index contributed by atoms with van der Waals surface area (Å²) in [5.74, 6) is -2.20. The fourth-order valence-electron chi connectivity index (χ4n) is 0.866. The number of aliphatic carboxylic acids is 1. The second kappa shape index (κ2) is 5.18. The van der Waals surface area contributed by atoms with Crippen LogP contribution in [0.5, 0.6) is 0 Å². The van der Waals surface area contributed by atoms with E-state index in [1.165, 1.54) is 13.8 Å². The van der Waals surface area contributed by atoms with Crippen molar-refractivity contribution < 1.29 is 27.9 Å². The van der Waals surface area contributed by atoms with Crippen LogP contribution in [-0.4, -0.2) is 29.7 Å². The molecule has 0 spiro atoms. The topological polar surface area (TPSA) is 66.4 Å². The van der Waals surface area contributed by atoms with E-state index in [2.05, 4.69) is 0 Å². The predicted octanol–water partition coefficient (Wildman–Crippen LogP) is 1.56. The third-order valence-corrected chi connectivity index (χ3v) is 2.01. The number of hydrogen-bond acceptors (Lipinski definition) is 2. The van der Waals surface area contributed by atoms with Gasteiger partial charge in [-0.05, 0) is 20.3 Å². The molecule has 0 aromatic carbocycles. The van der Waals surface area contributed by atoms with Crippen LogP contribution in [0.25, 0.3) is 0 Å². The highest BCUT2D eigenvalue weighted by Crippen LogP contribution is 2.20. The number of amides is 1. The average molecular weight is 241 g/mol. The first kappa shape index (κ1) is 14.7. The highest BCUT2D eigenvalue weighted by molar-refractivity contribution is 5.77. The Balaban J connectivity index is 3.92. The molecule has 0 aliphatic carbocycles. The third kappa shape index (κ3) is 6.26. The normalized spacial score (nSPS) is 12.3. The summed E-state index contributed by atoms with van der Waals surface area (Å²) in [7, 11) is 0. The van der Waals surface area contributed by atoms with Crippen LogP contribution in [0.4, 0.5) is 13.2 Å². The van der Waals surface area contributed by atoms with E-state index in [9.17, 15) is 22.8 Å². The van der Waals surface area contributed by atoms with E-state index in [1.54, 1.807) is 0 Å². The van der Waals surface area contributed by atoms with Crippen molar-refractivity contribution in [2.75, 3.05) is 6.54 Å². The number of carboxylic acid groups (broad SMARTS) is 1. The van der Waals surface area contributed by atoms with Gasteiger partial charge < -0.3 is 10.4 Å². The minimum absolute atomic E-state index is 0.0753. The van der Waals surface area contributed by atoms with E-state index in [1.807, 2.05) is 5.32 Å². The molecule has 0 aliphatic rings. The summed E-state index contributed by atoms with van der Waals surface area (Å²) in [5, 5.41) is 10.7. The molecule has 0 fully saturated rings. The summed E-state index contributed by atoms with van der Waals surface area (Å²) in [6, 6.07) is 0. The molecule has 94 valence electrons. The smallest absolute Gasteiger partial charge is 0.397 e. The molecule has 0 unspecified atom stereocenters. The van der Waals surface area contributed by atoms with Crippen molar-refractivity contribution >= 4 is 11.9 Å². The van der Waals surface area contributed by atoms with Crippen LogP contribution in [-0.2, 0) is 9.59 Å². The van der Waals surface area contributed by atoms with Crippen LogP contribution in [0.1, 0.15) is 26.7 Å². The van der Waals surface area contributed by atoms with Gasteiger partial charge in [-0.2, -0.15) is 13.2 Å². The zero-order chi connectivity index (χ0) is 13.0. The Hall–Kier alpha value is -1.27. The first-order valence-corrected chi connectivity index (χ1v) is 4.61. The fourth-order valence-corrected chi connectivity index (χ4v) is 0.866. The van der Waals surface area contributed by atoms with Gasteiger partial charge in [0, 0.05) is 6.54 Å². The molecule has 0 aliphatic heterocycles. The van der Waals surface area contributed by atoms with Crippen molar-refractivity contribution in [1.82, 2.24) is 5.32 Å². The number of nitrogens with one attached hydrogen (secondary N) is 1. The predicted molar refractivity (Wildman–Crippen MR) is 49.7 cm³/mol. The lowest BCUT2D eigenvalue weighted by Crippen LogP contribution is -2.33. The highest BCUT2D eigenvalue weighted by atomic mass is 19.4. The van der Waals surface area contributed by atoms with Crippen LogP contribution < -0.4 is 5.32 Å². The van der Waals surface area contributed by atoms with Gasteiger partial charge in [-0.15, -0.1) is 0 Å². The highest BCUT2D eigenvalue weighted by Gasteiger charge is 2.31. The standard InChI is InChI=1S/C9H14F3NO3/c1-8(2,7(15)16)3-4-13-6(14)5-9(10,11)12/h3-5H2,1-2H3,(H,13,14)(H,15,16). The Labute approximate surface area is 90.8 Å². The lowest BCUT2D eigenvalue weighted by Gasteiger charge is -2.19. The number of alkyl halides is 3. The molecule has 7 heteroatoms. The third-order valence-electron chi connectivity index (χ3n) is 2.01. The number of carbonyl (C=O) groups is 2. The van der Waals surface area contributed by atoms with Gasteiger partial charge in [0.05, 0.1) is 5.41 Å². The first-order valence-electron chi connectivity index (χ1n) is 4.61. The molecule has 0 saturated heterocycles. The van der Waals surface area contributed by atoms with E-state index >= 15 is 0 Å². The van der Waals surface area contributed by atoms with Gasteiger partial charge in [0.1, 0.15) is 6.42 Å². The van der Waals surface area contributed by atoms with Crippen LogP contribution >= 0.6 is 0 Å². The maximum Gasteiger partial charge on any atom is 0.397 e. The molecule has 0 rings (SSSR count). The van der Waals surface area contributed by atoms with Gasteiger partial charge in [0.15, 0.2) is 0 Å². The molecular formula is C9H14F3NO3. The van der Waals surface area contributed by atoms with E-state index in [0.29, 0.717) is 0 Å². The average Bonchev–Trinajstić information content (AvgIpc) is 1.99. The molecule has 0 aromatic heterocycles.